The zero-order chi connectivity index (χ0) is 12.1. The summed E-state index contributed by atoms with van der Waals surface area (Å²) in [5, 5.41) is 2.30. The average molecular weight is 321 g/mol. The quantitative estimate of drug-likeness (QED) is 0.581. The number of hydrogen-bond acceptors (Lipinski definition) is 3. The summed E-state index contributed by atoms with van der Waals surface area (Å²) >= 11 is 1.37. The summed E-state index contributed by atoms with van der Waals surface area (Å²) in [6, 6.07) is -0.529. The molecular formula is C10H20N2O2SY-2. The number of urea groups is 1. The number of rotatable bonds is 6. The normalized spacial score (nSPS) is 8.19. The monoisotopic (exact) mass is 321 g/mol. The van der Waals surface area contributed by atoms with E-state index in [2.05, 4.69) is 18.5 Å². The summed E-state index contributed by atoms with van der Waals surface area (Å²) in [5.41, 5.74) is 4.72. The fourth-order valence-corrected chi connectivity index (χ4v) is 0.828. The van der Waals surface area contributed by atoms with Crippen LogP contribution in [0, 0.1) is 12.8 Å². The van der Waals surface area contributed by atoms with Crippen LogP contribution in [0.2, 0.25) is 0 Å². The van der Waals surface area contributed by atoms with Gasteiger partial charge in [0.1, 0.15) is 5.78 Å². The molecule has 0 bridgehead atoms. The Labute approximate surface area is 128 Å². The number of unbranched alkanes of at least 4 members (excludes halogenated alkanes) is 1. The molecule has 3 N–H and O–H groups in total. The van der Waals surface area contributed by atoms with Gasteiger partial charge in [0, 0.05) is 39.1 Å². The number of Topliss-reactive ketones (excluding diaryl/α,β-unsaturated/α-hetero) is 1. The molecule has 0 saturated heterocycles. The van der Waals surface area contributed by atoms with E-state index in [4.69, 9.17) is 5.73 Å². The van der Waals surface area contributed by atoms with Crippen molar-refractivity contribution < 1.29 is 42.3 Å². The van der Waals surface area contributed by atoms with Gasteiger partial charge in [0.15, 0.2) is 0 Å². The van der Waals surface area contributed by atoms with Gasteiger partial charge in [0.25, 0.3) is 6.03 Å². The summed E-state index contributed by atoms with van der Waals surface area (Å²) < 4.78 is 0. The van der Waals surface area contributed by atoms with E-state index in [0.717, 1.165) is 19.3 Å². The second-order valence-electron chi connectivity index (χ2n) is 2.89. The molecule has 0 heterocycles. The molecule has 0 aromatic rings. The number of hydrogen-bond donors (Lipinski definition) is 2. The Kier molecular flexibility index (Phi) is 24.1. The van der Waals surface area contributed by atoms with E-state index >= 15 is 0 Å². The number of amides is 2. The van der Waals surface area contributed by atoms with Crippen LogP contribution in [0.25, 0.3) is 0 Å². The molecule has 0 aromatic carbocycles. The molecule has 0 atom stereocenters. The summed E-state index contributed by atoms with van der Waals surface area (Å²) in [5.74, 6) is 0.991. The van der Waals surface area contributed by atoms with Gasteiger partial charge >= 0.3 is 0 Å². The van der Waals surface area contributed by atoms with Crippen LogP contribution in [-0.2, 0) is 37.5 Å². The van der Waals surface area contributed by atoms with Gasteiger partial charge in [-0.3, -0.25) is 11.1 Å². The van der Waals surface area contributed by atoms with Crippen molar-refractivity contribution in [2.24, 2.45) is 5.73 Å². The van der Waals surface area contributed by atoms with E-state index in [1.165, 1.54) is 11.8 Å². The van der Waals surface area contributed by atoms with E-state index in [9.17, 15) is 9.59 Å². The molecule has 0 aromatic heterocycles. The number of ketones is 1. The Morgan fingerprint density at radius 2 is 2.06 bits per heavy atom. The molecular weight excluding hydrogens is 301 g/mol. The summed E-state index contributed by atoms with van der Waals surface area (Å²) in [7, 11) is 0. The summed E-state index contributed by atoms with van der Waals surface area (Å²) in [6.07, 6.45) is 6.41. The minimum atomic E-state index is -0.529. The van der Waals surface area contributed by atoms with Gasteiger partial charge in [-0.1, -0.05) is 13.3 Å². The van der Waals surface area contributed by atoms with Crippen LogP contribution in [0.4, 0.5) is 4.79 Å². The average Bonchev–Trinajstić information content (AvgIpc) is 2.15. The van der Waals surface area contributed by atoms with E-state index in [0.29, 0.717) is 11.5 Å². The molecule has 0 saturated carbocycles. The van der Waals surface area contributed by atoms with Crippen molar-refractivity contribution in [1.29, 1.82) is 0 Å². The predicted molar refractivity (Wildman–Crippen MR) is 65.0 cm³/mol. The molecule has 4 nitrogen and oxygen atoms in total. The first-order chi connectivity index (χ1) is 7.04. The third-order valence-electron chi connectivity index (χ3n) is 1.33. The van der Waals surface area contributed by atoms with Gasteiger partial charge < -0.3 is 27.6 Å². The molecule has 0 unspecified atom stereocenters. The fourth-order valence-electron chi connectivity index (χ4n) is 0.627. The SMILES string of the molecule is CCCCC(C)=O.[CH2-]SC[CH-]NC(N)=O.[Y]. The third-order valence-corrected chi connectivity index (χ3v) is 1.73. The molecule has 0 aliphatic heterocycles. The number of primary amides is 1. The van der Waals surface area contributed by atoms with Gasteiger partial charge in [-0.2, -0.15) is 0 Å². The molecule has 0 rings (SSSR count). The van der Waals surface area contributed by atoms with E-state index in [-0.39, 0.29) is 32.7 Å². The van der Waals surface area contributed by atoms with Crippen LogP contribution in [0.3, 0.4) is 0 Å². The first-order valence-electron chi connectivity index (χ1n) is 4.78. The van der Waals surface area contributed by atoms with Crippen LogP contribution >= 0.6 is 11.8 Å². The second-order valence-corrected chi connectivity index (χ2v) is 3.63. The number of carbonyl (C=O) groups excluding carboxylic acids is 2. The van der Waals surface area contributed by atoms with Crippen molar-refractivity contribution in [2.45, 2.75) is 33.1 Å². The first kappa shape index (κ1) is 21.7. The van der Waals surface area contributed by atoms with Crippen molar-refractivity contribution in [2.75, 3.05) is 5.75 Å². The van der Waals surface area contributed by atoms with Crippen molar-refractivity contribution in [3.05, 3.63) is 12.8 Å². The molecule has 1 radical (unpaired) electrons. The summed E-state index contributed by atoms with van der Waals surface area (Å²) in [4.78, 5) is 20.1. The Bertz CT molecular complexity index is 180. The van der Waals surface area contributed by atoms with Crippen molar-refractivity contribution in [1.82, 2.24) is 5.32 Å². The third kappa shape index (κ3) is 29.3. The van der Waals surface area contributed by atoms with Crippen LogP contribution in [-0.4, -0.2) is 17.6 Å². The Balaban J connectivity index is -0.000000200. The van der Waals surface area contributed by atoms with Gasteiger partial charge in [-0.15, -0.1) is 5.75 Å². The standard InChI is InChI=1S/C6H12O.C4H8N2OS.Y/c1-3-4-5-6(2)7;1-8-3-2-6-4(5)7;/h3-5H2,1-2H3;2H,1,3H2,(H3,5,6,7);/q;-2;. The van der Waals surface area contributed by atoms with E-state index in [1.54, 1.807) is 13.5 Å². The molecule has 16 heavy (non-hydrogen) atoms. The van der Waals surface area contributed by atoms with Gasteiger partial charge in [0.2, 0.25) is 0 Å². The van der Waals surface area contributed by atoms with Crippen LogP contribution < -0.4 is 11.1 Å². The zero-order valence-corrected chi connectivity index (χ0v) is 13.6. The van der Waals surface area contributed by atoms with Gasteiger partial charge in [0.05, 0.1) is 0 Å². The molecule has 0 spiro atoms. The van der Waals surface area contributed by atoms with Crippen molar-refractivity contribution in [3.8, 4) is 0 Å². The Morgan fingerprint density at radius 1 is 1.50 bits per heavy atom. The topological polar surface area (TPSA) is 72.2 Å². The maximum Gasteiger partial charge on any atom is 0.282 e. The van der Waals surface area contributed by atoms with Crippen molar-refractivity contribution in [3.63, 3.8) is 0 Å². The minimum Gasteiger partial charge on any atom is -0.487 e. The van der Waals surface area contributed by atoms with Crippen molar-refractivity contribution >= 4 is 23.6 Å². The van der Waals surface area contributed by atoms with Crippen LogP contribution in [0.1, 0.15) is 33.1 Å². The Morgan fingerprint density at radius 3 is 2.31 bits per heavy atom. The number of carbonyl (C=O) groups is 2. The van der Waals surface area contributed by atoms with E-state index in [1.807, 2.05) is 0 Å². The van der Waals surface area contributed by atoms with Crippen LogP contribution in [0.5, 0.6) is 0 Å². The first-order valence-corrected chi connectivity index (χ1v) is 5.94. The summed E-state index contributed by atoms with van der Waals surface area (Å²) in [6.45, 7) is 5.28. The van der Waals surface area contributed by atoms with Crippen LogP contribution in [0.15, 0.2) is 0 Å². The second kappa shape index (κ2) is 17.8. The molecule has 0 aliphatic carbocycles. The van der Waals surface area contributed by atoms with E-state index < -0.39 is 6.03 Å². The molecule has 0 fully saturated rings. The molecule has 93 valence electrons. The maximum atomic E-state index is 10.2. The maximum absolute atomic E-state index is 10.2. The zero-order valence-electron chi connectivity index (χ0n) is 9.99. The minimum absolute atomic E-state index is 0. The number of nitrogens with two attached hydrogens (primary N) is 1. The molecule has 6 heteroatoms. The molecule has 0 aliphatic rings. The van der Waals surface area contributed by atoms with Gasteiger partial charge in [-0.25, -0.2) is 6.54 Å². The number of nitrogens with one attached hydrogen (secondary N) is 1. The predicted octanol–water partition coefficient (Wildman–Crippen LogP) is 2.10. The number of thioether (sulfide) groups is 1. The molecule has 2 amide bonds. The fraction of sp³-hybridized carbons (Fsp3) is 0.600. The Hall–Kier alpha value is 0.394. The smallest absolute Gasteiger partial charge is 0.282 e. The van der Waals surface area contributed by atoms with Gasteiger partial charge in [-0.05, 0) is 13.3 Å². The largest absolute Gasteiger partial charge is 0.487 e.